The molecule has 0 fully saturated rings. The molecule has 0 amide bonds. The van der Waals surface area contributed by atoms with Crippen LogP contribution in [0.1, 0.15) is 20.8 Å². The molecule has 1 aromatic rings. The van der Waals surface area contributed by atoms with E-state index in [0.717, 1.165) is 0 Å². The number of rotatable bonds is 6. The third kappa shape index (κ3) is 3.91. The average Bonchev–Trinajstić information content (AvgIpc) is 2.27. The third-order valence-corrected chi connectivity index (χ3v) is 2.94. The molecule has 1 aromatic carbocycles. The molecule has 0 aliphatic carbocycles. The zero-order valence-corrected chi connectivity index (χ0v) is 12.2. The molecule has 100 valence electrons. The van der Waals surface area contributed by atoms with Crippen LogP contribution in [0.2, 0.25) is 0 Å². The summed E-state index contributed by atoms with van der Waals surface area (Å²) in [6.07, 6.45) is -0.862. The second-order valence-electron chi connectivity index (χ2n) is 4.15. The monoisotopic (exact) mass is 316 g/mol. The lowest BCUT2D eigenvalue weighted by molar-refractivity contribution is -0.147. The van der Waals surface area contributed by atoms with Gasteiger partial charge in [-0.3, -0.25) is 0 Å². The van der Waals surface area contributed by atoms with E-state index in [9.17, 15) is 4.79 Å². The number of carbonyl (C=O) groups is 1. The van der Waals surface area contributed by atoms with E-state index < -0.39 is 12.1 Å². The van der Waals surface area contributed by atoms with Gasteiger partial charge >= 0.3 is 5.97 Å². The average molecular weight is 317 g/mol. The Kier molecular flexibility index (Phi) is 5.47. The summed E-state index contributed by atoms with van der Waals surface area (Å²) < 4.78 is 11.5. The Hall–Kier alpha value is -1.23. The minimum absolute atomic E-state index is 0.110. The topological polar surface area (TPSA) is 55.8 Å². The molecule has 0 aliphatic rings. The SMILES string of the molecule is CCOc1ccc(OC(C(=O)O)C(C)C)c(Br)c1. The molecule has 0 bridgehead atoms. The number of carboxylic acid groups (broad SMARTS) is 1. The van der Waals surface area contributed by atoms with Gasteiger partial charge in [-0.25, -0.2) is 4.79 Å². The lowest BCUT2D eigenvalue weighted by Gasteiger charge is -2.19. The van der Waals surface area contributed by atoms with Gasteiger partial charge in [0.05, 0.1) is 11.1 Å². The first kappa shape index (κ1) is 14.8. The van der Waals surface area contributed by atoms with Crippen molar-refractivity contribution in [1.29, 1.82) is 0 Å². The van der Waals surface area contributed by atoms with Crippen molar-refractivity contribution in [3.05, 3.63) is 22.7 Å². The first-order valence-corrected chi connectivity index (χ1v) is 6.56. The highest BCUT2D eigenvalue weighted by Crippen LogP contribution is 2.30. The van der Waals surface area contributed by atoms with Gasteiger partial charge in [-0.1, -0.05) is 13.8 Å². The highest BCUT2D eigenvalue weighted by Gasteiger charge is 2.24. The van der Waals surface area contributed by atoms with Crippen LogP contribution >= 0.6 is 15.9 Å². The van der Waals surface area contributed by atoms with Gasteiger partial charge in [0.15, 0.2) is 6.10 Å². The molecule has 0 heterocycles. The summed E-state index contributed by atoms with van der Waals surface area (Å²) in [5.74, 6) is 0.138. The summed E-state index contributed by atoms with van der Waals surface area (Å²) in [5.41, 5.74) is 0. The van der Waals surface area contributed by atoms with E-state index in [-0.39, 0.29) is 5.92 Å². The van der Waals surface area contributed by atoms with Gasteiger partial charge in [-0.05, 0) is 41.1 Å². The Morgan fingerprint density at radius 3 is 2.56 bits per heavy atom. The van der Waals surface area contributed by atoms with Crippen LogP contribution in [0.4, 0.5) is 0 Å². The fraction of sp³-hybridized carbons (Fsp3) is 0.462. The molecule has 0 aliphatic heterocycles. The molecule has 0 saturated heterocycles. The van der Waals surface area contributed by atoms with Crippen molar-refractivity contribution in [2.45, 2.75) is 26.9 Å². The van der Waals surface area contributed by atoms with Crippen molar-refractivity contribution in [3.63, 3.8) is 0 Å². The van der Waals surface area contributed by atoms with Crippen molar-refractivity contribution >= 4 is 21.9 Å². The summed E-state index contributed by atoms with van der Waals surface area (Å²) >= 11 is 3.35. The fourth-order valence-electron chi connectivity index (χ4n) is 1.44. The maximum Gasteiger partial charge on any atom is 0.345 e. The normalized spacial score (nSPS) is 12.3. The number of halogens is 1. The van der Waals surface area contributed by atoms with Crippen LogP contribution in [0.25, 0.3) is 0 Å². The molecule has 1 unspecified atom stereocenters. The van der Waals surface area contributed by atoms with Crippen LogP contribution in [0.5, 0.6) is 11.5 Å². The maximum absolute atomic E-state index is 11.1. The van der Waals surface area contributed by atoms with E-state index in [0.29, 0.717) is 22.6 Å². The van der Waals surface area contributed by atoms with E-state index in [1.807, 2.05) is 6.92 Å². The Labute approximate surface area is 115 Å². The van der Waals surface area contributed by atoms with Gasteiger partial charge in [0.25, 0.3) is 0 Å². The second-order valence-corrected chi connectivity index (χ2v) is 5.00. The van der Waals surface area contributed by atoms with E-state index in [1.165, 1.54) is 0 Å². The number of benzene rings is 1. The first-order valence-electron chi connectivity index (χ1n) is 5.77. The lowest BCUT2D eigenvalue weighted by Crippen LogP contribution is -2.32. The second kappa shape index (κ2) is 6.64. The van der Waals surface area contributed by atoms with Gasteiger partial charge in [0, 0.05) is 5.92 Å². The Balaban J connectivity index is 2.87. The largest absolute Gasteiger partial charge is 0.494 e. The number of hydrogen-bond acceptors (Lipinski definition) is 3. The van der Waals surface area contributed by atoms with Crippen molar-refractivity contribution in [2.75, 3.05) is 6.61 Å². The zero-order valence-electron chi connectivity index (χ0n) is 10.6. The van der Waals surface area contributed by atoms with Crippen LogP contribution in [-0.2, 0) is 4.79 Å². The van der Waals surface area contributed by atoms with Crippen LogP contribution < -0.4 is 9.47 Å². The van der Waals surface area contributed by atoms with Gasteiger partial charge in [0.2, 0.25) is 0 Å². The Morgan fingerprint density at radius 1 is 1.44 bits per heavy atom. The van der Waals surface area contributed by atoms with E-state index >= 15 is 0 Å². The number of ether oxygens (including phenoxy) is 2. The van der Waals surface area contributed by atoms with Gasteiger partial charge in [0.1, 0.15) is 11.5 Å². The molecular weight excluding hydrogens is 300 g/mol. The van der Waals surface area contributed by atoms with Crippen molar-refractivity contribution in [1.82, 2.24) is 0 Å². The van der Waals surface area contributed by atoms with E-state index in [2.05, 4.69) is 15.9 Å². The number of aliphatic carboxylic acids is 1. The molecule has 0 aromatic heterocycles. The third-order valence-electron chi connectivity index (χ3n) is 2.32. The summed E-state index contributed by atoms with van der Waals surface area (Å²) in [7, 11) is 0. The standard InChI is InChI=1S/C13H17BrO4/c1-4-17-9-5-6-11(10(14)7-9)18-12(8(2)3)13(15)16/h5-8,12H,4H2,1-3H3,(H,15,16). The number of carboxylic acids is 1. The maximum atomic E-state index is 11.1. The van der Waals surface area contributed by atoms with E-state index in [4.69, 9.17) is 14.6 Å². The summed E-state index contributed by atoms with van der Waals surface area (Å²) in [4.78, 5) is 11.1. The lowest BCUT2D eigenvalue weighted by atomic mass is 10.1. The van der Waals surface area contributed by atoms with Gasteiger partial charge in [-0.2, -0.15) is 0 Å². The quantitative estimate of drug-likeness (QED) is 0.874. The van der Waals surface area contributed by atoms with E-state index in [1.54, 1.807) is 32.0 Å². The summed E-state index contributed by atoms with van der Waals surface area (Å²) in [6.45, 7) is 6.09. The highest BCUT2D eigenvalue weighted by molar-refractivity contribution is 9.10. The fourth-order valence-corrected chi connectivity index (χ4v) is 1.89. The predicted octanol–water partition coefficient (Wildman–Crippen LogP) is 3.34. The van der Waals surface area contributed by atoms with Crippen LogP contribution in [0, 0.1) is 5.92 Å². The van der Waals surface area contributed by atoms with Crippen LogP contribution in [0.3, 0.4) is 0 Å². The van der Waals surface area contributed by atoms with Crippen molar-refractivity contribution < 1.29 is 19.4 Å². The Morgan fingerprint density at radius 2 is 2.11 bits per heavy atom. The molecule has 1 rings (SSSR count). The molecule has 0 radical (unpaired) electrons. The molecule has 0 saturated carbocycles. The molecule has 18 heavy (non-hydrogen) atoms. The first-order chi connectivity index (χ1) is 8.45. The summed E-state index contributed by atoms with van der Waals surface area (Å²) in [5, 5.41) is 9.07. The van der Waals surface area contributed by atoms with Crippen LogP contribution in [0.15, 0.2) is 22.7 Å². The van der Waals surface area contributed by atoms with Crippen molar-refractivity contribution in [2.24, 2.45) is 5.92 Å². The summed E-state index contributed by atoms with van der Waals surface area (Å²) in [6, 6.07) is 5.22. The van der Waals surface area contributed by atoms with Crippen molar-refractivity contribution in [3.8, 4) is 11.5 Å². The number of hydrogen-bond donors (Lipinski definition) is 1. The molecule has 5 heteroatoms. The smallest absolute Gasteiger partial charge is 0.345 e. The Bertz CT molecular complexity index is 417. The highest BCUT2D eigenvalue weighted by atomic mass is 79.9. The predicted molar refractivity (Wildman–Crippen MR) is 72.2 cm³/mol. The van der Waals surface area contributed by atoms with Gasteiger partial charge in [-0.15, -0.1) is 0 Å². The minimum atomic E-state index is -0.967. The minimum Gasteiger partial charge on any atom is -0.494 e. The van der Waals surface area contributed by atoms with Crippen LogP contribution in [-0.4, -0.2) is 23.8 Å². The zero-order chi connectivity index (χ0) is 13.7. The molecule has 1 atom stereocenters. The molecular formula is C13H17BrO4. The molecule has 4 nitrogen and oxygen atoms in total. The van der Waals surface area contributed by atoms with Gasteiger partial charge < -0.3 is 14.6 Å². The molecule has 1 N–H and O–H groups in total. The molecule has 0 spiro atoms.